The van der Waals surface area contributed by atoms with Gasteiger partial charge in [0.1, 0.15) is 10.7 Å². The summed E-state index contributed by atoms with van der Waals surface area (Å²) in [5, 5.41) is 6.87. The van der Waals surface area contributed by atoms with Gasteiger partial charge in [-0.25, -0.2) is 4.98 Å². The van der Waals surface area contributed by atoms with E-state index in [1.54, 1.807) is 12.4 Å². The Hall–Kier alpha value is -2.15. The Bertz CT molecular complexity index is 624. The number of nitrogen functional groups attached to an aromatic ring is 1. The number of amides is 1. The second-order valence-electron chi connectivity index (χ2n) is 5.05. The number of carbonyl (C=O) groups is 1. The van der Waals surface area contributed by atoms with Crippen LogP contribution < -0.4 is 16.4 Å². The van der Waals surface area contributed by atoms with Crippen molar-refractivity contribution < 1.29 is 4.79 Å². The third-order valence-electron chi connectivity index (χ3n) is 3.47. The van der Waals surface area contributed by atoms with Gasteiger partial charge in [0.15, 0.2) is 5.13 Å². The fraction of sp³-hybridized carbons (Fsp3) is 0.357. The number of hydrogen-bond acceptors (Lipinski definition) is 6. The van der Waals surface area contributed by atoms with E-state index < -0.39 is 0 Å². The minimum Gasteiger partial charge on any atom is -0.382 e. The minimum atomic E-state index is -0.199. The first-order valence-corrected chi connectivity index (χ1v) is 7.74. The fourth-order valence-electron chi connectivity index (χ4n) is 2.05. The maximum absolute atomic E-state index is 12.2. The third kappa shape index (κ3) is 3.30. The molecule has 6 nitrogen and oxygen atoms in total. The van der Waals surface area contributed by atoms with Crippen molar-refractivity contribution in [1.29, 1.82) is 0 Å². The summed E-state index contributed by atoms with van der Waals surface area (Å²) in [6.45, 7) is 0.426. The van der Waals surface area contributed by atoms with Gasteiger partial charge in [0.2, 0.25) is 0 Å². The number of nitrogens with two attached hydrogens (primary N) is 1. The SMILES string of the molecule is Nc1nc(NC2CCC2)sc1C(=O)NCc1cccnc1. The molecule has 2 aromatic heterocycles. The number of pyridine rings is 1. The van der Waals surface area contributed by atoms with E-state index in [2.05, 4.69) is 20.6 Å². The van der Waals surface area contributed by atoms with Crippen LogP contribution in [0.15, 0.2) is 24.5 Å². The van der Waals surface area contributed by atoms with Gasteiger partial charge in [0.05, 0.1) is 0 Å². The molecular weight excluding hydrogens is 286 g/mol. The number of anilines is 2. The number of nitrogens with one attached hydrogen (secondary N) is 2. The van der Waals surface area contributed by atoms with Gasteiger partial charge in [-0.15, -0.1) is 0 Å². The summed E-state index contributed by atoms with van der Waals surface area (Å²) in [5.74, 6) is 0.0843. The Balaban J connectivity index is 1.61. The molecule has 2 aromatic rings. The molecule has 1 aliphatic rings. The molecule has 2 heterocycles. The molecule has 0 spiro atoms. The van der Waals surface area contributed by atoms with Gasteiger partial charge >= 0.3 is 0 Å². The lowest BCUT2D eigenvalue weighted by Crippen LogP contribution is -2.26. The molecule has 0 aromatic carbocycles. The summed E-state index contributed by atoms with van der Waals surface area (Å²) in [6, 6.07) is 4.22. The van der Waals surface area contributed by atoms with Gasteiger partial charge in [-0.2, -0.15) is 0 Å². The second kappa shape index (κ2) is 6.09. The molecule has 0 aliphatic heterocycles. The number of thiazole rings is 1. The summed E-state index contributed by atoms with van der Waals surface area (Å²) in [6.07, 6.45) is 6.98. The summed E-state index contributed by atoms with van der Waals surface area (Å²) in [5.41, 5.74) is 6.78. The average molecular weight is 303 g/mol. The van der Waals surface area contributed by atoms with E-state index in [4.69, 9.17) is 5.73 Å². The predicted octanol–water partition coefficient (Wildman–Crippen LogP) is 2.01. The Labute approximate surface area is 126 Å². The number of nitrogens with zero attached hydrogens (tertiary/aromatic N) is 2. The molecule has 110 valence electrons. The number of hydrogen-bond donors (Lipinski definition) is 3. The van der Waals surface area contributed by atoms with Crippen LogP contribution in [0, 0.1) is 0 Å². The lowest BCUT2D eigenvalue weighted by Gasteiger charge is -2.25. The highest BCUT2D eigenvalue weighted by Gasteiger charge is 2.21. The zero-order valence-corrected chi connectivity index (χ0v) is 12.3. The van der Waals surface area contributed by atoms with Crippen LogP contribution in [0.3, 0.4) is 0 Å². The molecule has 21 heavy (non-hydrogen) atoms. The van der Waals surface area contributed by atoms with E-state index in [0.29, 0.717) is 17.5 Å². The smallest absolute Gasteiger partial charge is 0.265 e. The molecule has 0 atom stereocenters. The lowest BCUT2D eigenvalue weighted by atomic mass is 9.93. The molecule has 0 bridgehead atoms. The molecule has 1 aliphatic carbocycles. The number of aromatic nitrogens is 2. The Morgan fingerprint density at radius 1 is 1.48 bits per heavy atom. The fourth-order valence-corrected chi connectivity index (χ4v) is 2.93. The van der Waals surface area contributed by atoms with Crippen molar-refractivity contribution in [3.05, 3.63) is 35.0 Å². The highest BCUT2D eigenvalue weighted by molar-refractivity contribution is 7.18. The van der Waals surface area contributed by atoms with E-state index in [1.807, 2.05) is 12.1 Å². The van der Waals surface area contributed by atoms with E-state index >= 15 is 0 Å². The second-order valence-corrected chi connectivity index (χ2v) is 6.05. The van der Waals surface area contributed by atoms with E-state index in [0.717, 1.165) is 23.5 Å². The predicted molar refractivity (Wildman–Crippen MR) is 83.2 cm³/mol. The molecule has 1 saturated carbocycles. The Morgan fingerprint density at radius 3 is 3.00 bits per heavy atom. The molecule has 1 amide bonds. The highest BCUT2D eigenvalue weighted by atomic mass is 32.1. The van der Waals surface area contributed by atoms with Gasteiger partial charge < -0.3 is 16.4 Å². The molecule has 1 fully saturated rings. The van der Waals surface area contributed by atoms with Crippen molar-refractivity contribution in [2.75, 3.05) is 11.1 Å². The molecule has 0 unspecified atom stereocenters. The van der Waals surface area contributed by atoms with E-state index in [-0.39, 0.29) is 11.7 Å². The average Bonchev–Trinajstić information content (AvgIpc) is 2.82. The summed E-state index contributed by atoms with van der Waals surface area (Å²) in [4.78, 5) is 20.8. The molecule has 0 saturated heterocycles. The summed E-state index contributed by atoms with van der Waals surface area (Å²) >= 11 is 1.31. The van der Waals surface area contributed by atoms with Crippen molar-refractivity contribution >= 4 is 28.2 Å². The van der Waals surface area contributed by atoms with Crippen LogP contribution in [-0.4, -0.2) is 21.9 Å². The maximum Gasteiger partial charge on any atom is 0.265 e. The molecule has 3 rings (SSSR count). The van der Waals surface area contributed by atoms with Gasteiger partial charge in [-0.3, -0.25) is 9.78 Å². The van der Waals surface area contributed by atoms with E-state index in [9.17, 15) is 4.79 Å². The first kappa shape index (κ1) is 13.8. The van der Waals surface area contributed by atoms with Crippen LogP contribution in [0.5, 0.6) is 0 Å². The van der Waals surface area contributed by atoms with Crippen LogP contribution in [0.25, 0.3) is 0 Å². The zero-order valence-electron chi connectivity index (χ0n) is 11.5. The van der Waals surface area contributed by atoms with E-state index in [1.165, 1.54) is 17.8 Å². The molecule has 7 heteroatoms. The normalized spacial score (nSPS) is 14.5. The minimum absolute atomic E-state index is 0.199. The van der Waals surface area contributed by atoms with Crippen LogP contribution in [0.2, 0.25) is 0 Å². The van der Waals surface area contributed by atoms with Crippen molar-refractivity contribution in [3.8, 4) is 0 Å². The summed E-state index contributed by atoms with van der Waals surface area (Å²) in [7, 11) is 0. The third-order valence-corrected chi connectivity index (χ3v) is 4.47. The van der Waals surface area contributed by atoms with Crippen LogP contribution in [0.4, 0.5) is 10.9 Å². The largest absolute Gasteiger partial charge is 0.382 e. The van der Waals surface area contributed by atoms with Crippen LogP contribution in [0.1, 0.15) is 34.5 Å². The van der Waals surface area contributed by atoms with Gasteiger partial charge in [-0.05, 0) is 30.9 Å². The van der Waals surface area contributed by atoms with Crippen LogP contribution in [-0.2, 0) is 6.54 Å². The van der Waals surface area contributed by atoms with Crippen molar-refractivity contribution in [1.82, 2.24) is 15.3 Å². The van der Waals surface area contributed by atoms with Crippen molar-refractivity contribution in [3.63, 3.8) is 0 Å². The van der Waals surface area contributed by atoms with Gasteiger partial charge in [0, 0.05) is 25.0 Å². The van der Waals surface area contributed by atoms with Crippen LogP contribution >= 0.6 is 11.3 Å². The highest BCUT2D eigenvalue weighted by Crippen LogP contribution is 2.29. The van der Waals surface area contributed by atoms with Gasteiger partial charge in [-0.1, -0.05) is 17.4 Å². The van der Waals surface area contributed by atoms with Gasteiger partial charge in [0.25, 0.3) is 5.91 Å². The molecule has 0 radical (unpaired) electrons. The molecular formula is C14H17N5OS. The first-order chi connectivity index (χ1) is 10.2. The maximum atomic E-state index is 12.2. The van der Waals surface area contributed by atoms with Crippen molar-refractivity contribution in [2.45, 2.75) is 31.8 Å². The lowest BCUT2D eigenvalue weighted by molar-refractivity contribution is 0.0955. The Morgan fingerprint density at radius 2 is 2.33 bits per heavy atom. The standard InChI is InChI=1S/C14H17N5OS/c15-12-11(21-14(19-12)18-10-4-1-5-10)13(20)17-8-9-3-2-6-16-7-9/h2-3,6-7,10H,1,4-5,8,15H2,(H,17,20)(H,18,19). The van der Waals surface area contributed by atoms with Crippen molar-refractivity contribution in [2.24, 2.45) is 0 Å². The number of rotatable bonds is 5. The number of carbonyl (C=O) groups excluding carboxylic acids is 1. The Kier molecular flexibility index (Phi) is 4.01. The zero-order chi connectivity index (χ0) is 14.7. The first-order valence-electron chi connectivity index (χ1n) is 6.92. The topological polar surface area (TPSA) is 92.9 Å². The molecule has 4 N–H and O–H groups in total. The quantitative estimate of drug-likeness (QED) is 0.785. The summed E-state index contributed by atoms with van der Waals surface area (Å²) < 4.78 is 0. The monoisotopic (exact) mass is 303 g/mol.